The molecule has 0 aliphatic carbocycles. The van der Waals surface area contributed by atoms with Crippen molar-refractivity contribution in [3.63, 3.8) is 0 Å². The second kappa shape index (κ2) is 10.5. The van der Waals surface area contributed by atoms with Crippen LogP contribution < -0.4 is 10.6 Å². The number of likely N-dealkylation sites (N-methyl/N-ethyl adjacent to an activating group) is 1. The zero-order valence-corrected chi connectivity index (χ0v) is 16.6. The molecule has 1 aromatic rings. The molecular weight excluding hydrogens is 398 g/mol. The molecule has 2 N–H and O–H groups in total. The van der Waals surface area contributed by atoms with Gasteiger partial charge in [0, 0.05) is 58.4 Å². The summed E-state index contributed by atoms with van der Waals surface area (Å²) in [6.45, 7) is 4.44. The average molecular weight is 422 g/mol. The van der Waals surface area contributed by atoms with Crippen molar-refractivity contribution in [3.05, 3.63) is 34.4 Å². The predicted molar refractivity (Wildman–Crippen MR) is 102 cm³/mol. The van der Waals surface area contributed by atoms with Gasteiger partial charge in [0.05, 0.1) is 16.4 Å². The number of nitrogens with zero attached hydrogens (tertiary/aromatic N) is 3. The van der Waals surface area contributed by atoms with Crippen LogP contribution in [0.15, 0.2) is 29.2 Å². The fourth-order valence-corrected chi connectivity index (χ4v) is 3.74. The summed E-state index contributed by atoms with van der Waals surface area (Å²) in [5.41, 5.74) is -0.319. The van der Waals surface area contributed by atoms with Crippen LogP contribution in [0.2, 0.25) is 0 Å². The van der Waals surface area contributed by atoms with Crippen LogP contribution in [-0.4, -0.2) is 81.3 Å². The van der Waals surface area contributed by atoms with Crippen molar-refractivity contribution < 1.29 is 18.1 Å². The van der Waals surface area contributed by atoms with Crippen LogP contribution in [0.5, 0.6) is 0 Å². The van der Waals surface area contributed by atoms with E-state index in [2.05, 4.69) is 15.5 Å². The average Bonchev–Trinajstić information content (AvgIpc) is 2.62. The highest BCUT2D eigenvalue weighted by Crippen LogP contribution is 2.19. The van der Waals surface area contributed by atoms with E-state index in [1.165, 1.54) is 25.2 Å². The molecule has 0 radical (unpaired) electrons. The summed E-state index contributed by atoms with van der Waals surface area (Å²) in [5, 5.41) is 16.7. The van der Waals surface area contributed by atoms with Gasteiger partial charge >= 0.3 is 0 Å². The summed E-state index contributed by atoms with van der Waals surface area (Å²) in [4.78, 5) is 24.1. The van der Waals surface area contributed by atoms with Crippen molar-refractivity contribution in [1.29, 1.82) is 0 Å². The van der Waals surface area contributed by atoms with Crippen molar-refractivity contribution in [3.8, 4) is 0 Å². The van der Waals surface area contributed by atoms with Gasteiger partial charge in [-0.1, -0.05) is 6.07 Å². The Kier molecular flexibility index (Phi) is 9.06. The lowest BCUT2D eigenvalue weighted by molar-refractivity contribution is -0.385. The summed E-state index contributed by atoms with van der Waals surface area (Å²) < 4.78 is 25.8. The topological polar surface area (TPSA) is 125 Å². The lowest BCUT2D eigenvalue weighted by Crippen LogP contribution is -2.47. The van der Waals surface area contributed by atoms with Crippen molar-refractivity contribution in [2.45, 2.75) is 4.90 Å². The summed E-state index contributed by atoms with van der Waals surface area (Å²) >= 11 is 0. The first-order valence-corrected chi connectivity index (χ1v) is 9.65. The minimum Gasteiger partial charge on any atom is -0.354 e. The Morgan fingerprint density at radius 1 is 1.37 bits per heavy atom. The van der Waals surface area contributed by atoms with Crippen molar-refractivity contribution in [2.75, 3.05) is 52.9 Å². The van der Waals surface area contributed by atoms with E-state index in [0.29, 0.717) is 13.1 Å². The molecule has 1 aromatic carbocycles. The van der Waals surface area contributed by atoms with E-state index in [1.54, 1.807) is 0 Å². The zero-order valence-electron chi connectivity index (χ0n) is 15.0. The van der Waals surface area contributed by atoms with Gasteiger partial charge in [-0.05, 0) is 6.07 Å². The maximum Gasteiger partial charge on any atom is 0.270 e. The Morgan fingerprint density at radius 3 is 2.67 bits per heavy atom. The fourth-order valence-electron chi connectivity index (χ4n) is 2.57. The van der Waals surface area contributed by atoms with Gasteiger partial charge in [-0.15, -0.1) is 12.4 Å². The van der Waals surface area contributed by atoms with Crippen LogP contribution in [0.25, 0.3) is 0 Å². The van der Waals surface area contributed by atoms with Crippen LogP contribution in [0.4, 0.5) is 5.69 Å². The number of piperazine rings is 1. The highest BCUT2D eigenvalue weighted by molar-refractivity contribution is 7.89. The molecule has 1 aliphatic heterocycles. The molecule has 0 bridgehead atoms. The van der Waals surface area contributed by atoms with Crippen LogP contribution in [0.3, 0.4) is 0 Å². The van der Waals surface area contributed by atoms with Gasteiger partial charge in [-0.2, -0.15) is 4.31 Å². The van der Waals surface area contributed by atoms with E-state index in [-0.39, 0.29) is 29.5 Å². The zero-order chi connectivity index (χ0) is 19.2. The third-order valence-corrected chi connectivity index (χ3v) is 5.86. The summed E-state index contributed by atoms with van der Waals surface area (Å²) in [6, 6.07) is 4.75. The number of nitro benzene ring substituents is 1. The number of sulfonamides is 1. The largest absolute Gasteiger partial charge is 0.354 e. The monoisotopic (exact) mass is 421 g/mol. The number of nitrogens with one attached hydrogen (secondary N) is 2. The fraction of sp³-hybridized carbons (Fsp3) is 0.533. The molecule has 1 heterocycles. The van der Waals surface area contributed by atoms with Crippen molar-refractivity contribution in [1.82, 2.24) is 19.8 Å². The molecule has 0 spiro atoms. The molecule has 0 saturated carbocycles. The van der Waals surface area contributed by atoms with E-state index >= 15 is 0 Å². The van der Waals surface area contributed by atoms with Crippen LogP contribution >= 0.6 is 12.4 Å². The predicted octanol–water partition coefficient (Wildman–Crippen LogP) is -0.341. The molecule has 0 unspecified atom stereocenters. The second-order valence-corrected chi connectivity index (χ2v) is 8.00. The van der Waals surface area contributed by atoms with Crippen LogP contribution in [0.1, 0.15) is 0 Å². The quantitative estimate of drug-likeness (QED) is 0.434. The maximum atomic E-state index is 12.5. The van der Waals surface area contributed by atoms with Gasteiger partial charge < -0.3 is 10.6 Å². The number of carbonyl (C=O) groups excluding carboxylic acids is 1. The molecule has 1 amide bonds. The Hall–Kier alpha value is -1.79. The van der Waals surface area contributed by atoms with Crippen molar-refractivity contribution in [2.24, 2.45) is 0 Å². The SMILES string of the molecule is CN(CC(=O)NCCN1CCNCC1)S(=O)(=O)c1cccc([N+](=O)[O-])c1.Cl. The highest BCUT2D eigenvalue weighted by Gasteiger charge is 2.24. The maximum absolute atomic E-state index is 12.5. The normalized spacial score (nSPS) is 15.2. The number of amides is 1. The Bertz CT molecular complexity index is 755. The summed E-state index contributed by atoms with van der Waals surface area (Å²) in [6.07, 6.45) is 0. The Morgan fingerprint density at radius 2 is 2.04 bits per heavy atom. The first-order valence-electron chi connectivity index (χ1n) is 8.21. The van der Waals surface area contributed by atoms with E-state index in [0.717, 1.165) is 36.6 Å². The molecule has 27 heavy (non-hydrogen) atoms. The summed E-state index contributed by atoms with van der Waals surface area (Å²) in [7, 11) is -2.72. The number of benzene rings is 1. The molecule has 0 aromatic heterocycles. The minimum absolute atomic E-state index is 0. The third kappa shape index (κ3) is 6.70. The van der Waals surface area contributed by atoms with Crippen LogP contribution in [-0.2, 0) is 14.8 Å². The van der Waals surface area contributed by atoms with Gasteiger partial charge in [0.15, 0.2) is 0 Å². The van der Waals surface area contributed by atoms with Gasteiger partial charge in [-0.3, -0.25) is 19.8 Å². The molecule has 1 aliphatic rings. The van der Waals surface area contributed by atoms with E-state index < -0.39 is 20.9 Å². The number of nitro groups is 1. The number of non-ortho nitro benzene ring substituents is 1. The number of carbonyl (C=O) groups is 1. The first kappa shape index (κ1) is 23.2. The lowest BCUT2D eigenvalue weighted by atomic mass is 10.3. The number of rotatable bonds is 8. The number of hydrogen-bond acceptors (Lipinski definition) is 7. The lowest BCUT2D eigenvalue weighted by Gasteiger charge is -2.27. The van der Waals surface area contributed by atoms with Gasteiger partial charge in [-0.25, -0.2) is 8.42 Å². The van der Waals surface area contributed by atoms with Gasteiger partial charge in [0.1, 0.15) is 0 Å². The molecule has 1 fully saturated rings. The second-order valence-electron chi connectivity index (χ2n) is 5.96. The Balaban J connectivity index is 0.00000364. The number of halogens is 1. The molecule has 152 valence electrons. The van der Waals surface area contributed by atoms with E-state index in [4.69, 9.17) is 0 Å². The number of hydrogen-bond donors (Lipinski definition) is 2. The molecule has 2 rings (SSSR count). The van der Waals surface area contributed by atoms with Gasteiger partial charge in [0.25, 0.3) is 5.69 Å². The van der Waals surface area contributed by atoms with Gasteiger partial charge in [0.2, 0.25) is 15.9 Å². The molecule has 0 atom stereocenters. The summed E-state index contributed by atoms with van der Waals surface area (Å²) in [5.74, 6) is -0.420. The smallest absolute Gasteiger partial charge is 0.270 e. The first-order chi connectivity index (χ1) is 12.3. The van der Waals surface area contributed by atoms with Crippen LogP contribution in [0, 0.1) is 10.1 Å². The van der Waals surface area contributed by atoms with E-state index in [9.17, 15) is 23.3 Å². The third-order valence-electron chi connectivity index (χ3n) is 4.06. The highest BCUT2D eigenvalue weighted by atomic mass is 35.5. The molecule has 1 saturated heterocycles. The van der Waals surface area contributed by atoms with Crippen molar-refractivity contribution >= 4 is 34.0 Å². The molecule has 10 nitrogen and oxygen atoms in total. The Labute approximate surface area is 164 Å². The minimum atomic E-state index is -3.99. The standard InChI is InChI=1S/C15H23N5O5S.ClH/c1-18(12-15(21)17-7-10-19-8-5-16-6-9-19)26(24,25)14-4-2-3-13(11-14)20(22)23;/h2-4,11,16H,5-10,12H2,1H3,(H,17,21);1H. The molecule has 12 heteroatoms. The van der Waals surface area contributed by atoms with E-state index in [1.807, 2.05) is 0 Å². The molecular formula is C15H24ClN5O5S.